The minimum absolute atomic E-state index is 0. The molecule has 10 heteroatoms. The van der Waals surface area contributed by atoms with E-state index >= 15 is 0 Å². The Morgan fingerprint density at radius 1 is 0.600 bits per heavy atom. The molecule has 1 radical (unpaired) electrons. The Morgan fingerprint density at radius 3 is 0.920 bits per heavy atom. The first-order chi connectivity index (χ1) is 11.4. The molecule has 0 spiro atoms. The van der Waals surface area contributed by atoms with Crippen molar-refractivity contribution in [3.63, 3.8) is 0 Å². The topological polar surface area (TPSA) is 148 Å². The number of aliphatic carboxylic acids is 3. The van der Waals surface area contributed by atoms with Crippen molar-refractivity contribution in [1.29, 1.82) is 0 Å². The quantitative estimate of drug-likeness (QED) is 0.478. The predicted octanol–water partition coefficient (Wildman–Crippen LogP) is -3.26. The molecule has 3 aliphatic rings. The summed E-state index contributed by atoms with van der Waals surface area (Å²) >= 11 is 0. The van der Waals surface area contributed by atoms with E-state index in [1.165, 1.54) is 0 Å². The first kappa shape index (κ1) is 23.8. The zero-order chi connectivity index (χ0) is 17.9. The molecular weight excluding hydrogens is 376 g/mol. The van der Waals surface area contributed by atoms with E-state index < -0.39 is 36.2 Å². The van der Waals surface area contributed by atoms with Gasteiger partial charge in [0.1, 0.15) is 0 Å². The molecule has 0 bridgehead atoms. The number of carboxylic acids is 3. The Balaban J connectivity index is 0.000000339. The van der Waals surface area contributed by atoms with Crippen LogP contribution in [-0.4, -0.2) is 56.0 Å². The second-order valence-corrected chi connectivity index (χ2v) is 5.46. The molecule has 0 N–H and O–H groups in total. The molecule has 141 valence electrons. The van der Waals surface area contributed by atoms with Crippen LogP contribution in [0.3, 0.4) is 0 Å². The average Bonchev–Trinajstić information content (AvgIpc) is 3.29. The van der Waals surface area contributed by atoms with Gasteiger partial charge in [0, 0.05) is 19.8 Å². The maximum atomic E-state index is 9.97. The number of carbonyl (C=O) groups excluding carboxylic acids is 3. The van der Waals surface area contributed by atoms with E-state index in [1.54, 1.807) is 0 Å². The van der Waals surface area contributed by atoms with Gasteiger partial charge in [-0.15, -0.1) is 0 Å². The van der Waals surface area contributed by atoms with E-state index in [0.29, 0.717) is 39.1 Å². The van der Waals surface area contributed by atoms with Gasteiger partial charge in [0.25, 0.3) is 0 Å². The van der Waals surface area contributed by atoms with E-state index in [1.807, 2.05) is 0 Å². The molecule has 0 aromatic heterocycles. The van der Waals surface area contributed by atoms with Crippen LogP contribution in [0.5, 0.6) is 0 Å². The van der Waals surface area contributed by atoms with Gasteiger partial charge >= 0.3 is 17.4 Å². The Hall–Kier alpha value is -1.18. The minimum Gasteiger partial charge on any atom is -0.547 e. The summed E-state index contributed by atoms with van der Waals surface area (Å²) in [5.74, 6) is -3.24. The third-order valence-corrected chi connectivity index (χ3v) is 3.58. The van der Waals surface area contributed by atoms with Crippen LogP contribution in [0.1, 0.15) is 38.5 Å². The summed E-state index contributed by atoms with van der Waals surface area (Å²) in [6.45, 7) is 1.70. The molecule has 3 aliphatic heterocycles. The van der Waals surface area contributed by atoms with Crippen LogP contribution < -0.4 is 15.3 Å². The van der Waals surface area contributed by atoms with E-state index in [-0.39, 0.29) is 17.4 Å². The standard InChI is InChI=1S/3C5H8O3.Cr/c3*6-5(7)4-2-1-3-8-4;/h3*4H,1-3H2,(H,6,7);/q;;;+3/p-3. The van der Waals surface area contributed by atoms with Gasteiger partial charge in [0.05, 0.1) is 36.2 Å². The van der Waals surface area contributed by atoms with Crippen LogP contribution in [0.2, 0.25) is 0 Å². The first-order valence-corrected chi connectivity index (χ1v) is 7.89. The summed E-state index contributed by atoms with van der Waals surface area (Å²) in [4.78, 5) is 29.9. The van der Waals surface area contributed by atoms with Crippen LogP contribution in [0.15, 0.2) is 0 Å². The first-order valence-electron chi connectivity index (χ1n) is 7.89. The summed E-state index contributed by atoms with van der Waals surface area (Å²) in [6.07, 6.45) is 2.49. The largest absolute Gasteiger partial charge is 3.00 e. The molecule has 9 nitrogen and oxygen atoms in total. The number of carbonyl (C=O) groups is 3. The molecule has 3 heterocycles. The predicted molar refractivity (Wildman–Crippen MR) is 71.9 cm³/mol. The Labute approximate surface area is 156 Å². The molecule has 3 atom stereocenters. The molecule has 0 aromatic carbocycles. The maximum Gasteiger partial charge on any atom is 3.00 e. The number of hydrogen-bond acceptors (Lipinski definition) is 9. The molecule has 25 heavy (non-hydrogen) atoms. The molecule has 0 saturated carbocycles. The van der Waals surface area contributed by atoms with Crippen molar-refractivity contribution >= 4 is 17.9 Å². The Kier molecular flexibility index (Phi) is 12.5. The summed E-state index contributed by atoms with van der Waals surface area (Å²) in [6, 6.07) is 0. The summed E-state index contributed by atoms with van der Waals surface area (Å²) in [5, 5.41) is 29.9. The molecule has 3 rings (SSSR count). The second-order valence-electron chi connectivity index (χ2n) is 5.46. The summed E-state index contributed by atoms with van der Waals surface area (Å²) in [5.41, 5.74) is 0. The van der Waals surface area contributed by atoms with Gasteiger partial charge < -0.3 is 43.9 Å². The molecule has 3 fully saturated rings. The number of hydrogen-bond donors (Lipinski definition) is 0. The Morgan fingerprint density at radius 2 is 0.840 bits per heavy atom. The third-order valence-electron chi connectivity index (χ3n) is 3.58. The van der Waals surface area contributed by atoms with Gasteiger partial charge in [-0.1, -0.05) is 0 Å². The average molecular weight is 397 g/mol. The van der Waals surface area contributed by atoms with Crippen molar-refractivity contribution in [1.82, 2.24) is 0 Å². The molecular formula is C15H21CrO9. The normalized spacial score (nSPS) is 27.1. The third kappa shape index (κ3) is 9.77. The fraction of sp³-hybridized carbons (Fsp3) is 0.800. The minimum atomic E-state index is -1.08. The van der Waals surface area contributed by atoms with E-state index in [4.69, 9.17) is 14.2 Å². The van der Waals surface area contributed by atoms with Crippen LogP contribution in [0, 0.1) is 0 Å². The van der Waals surface area contributed by atoms with Crippen LogP contribution in [-0.2, 0) is 46.0 Å². The SMILES string of the molecule is O=C([O-])C1CCCO1.O=C([O-])C1CCCO1.O=C([O-])C1CCCO1.[Cr+3]. The van der Waals surface area contributed by atoms with E-state index in [0.717, 1.165) is 19.3 Å². The zero-order valence-corrected chi connectivity index (χ0v) is 15.0. The van der Waals surface area contributed by atoms with Crippen molar-refractivity contribution in [2.45, 2.75) is 56.8 Å². The number of rotatable bonds is 3. The molecule has 3 unspecified atom stereocenters. The molecule has 0 aliphatic carbocycles. The van der Waals surface area contributed by atoms with Gasteiger partial charge in [-0.3, -0.25) is 0 Å². The van der Waals surface area contributed by atoms with Gasteiger partial charge in [-0.2, -0.15) is 0 Å². The smallest absolute Gasteiger partial charge is 0.547 e. The second kappa shape index (κ2) is 13.1. The van der Waals surface area contributed by atoms with Gasteiger partial charge in [0.15, 0.2) is 0 Å². The fourth-order valence-corrected chi connectivity index (χ4v) is 2.29. The van der Waals surface area contributed by atoms with Gasteiger partial charge in [0.2, 0.25) is 0 Å². The van der Waals surface area contributed by atoms with Crippen LogP contribution in [0.4, 0.5) is 0 Å². The van der Waals surface area contributed by atoms with Crippen molar-refractivity contribution in [3.05, 3.63) is 0 Å². The summed E-state index contributed by atoms with van der Waals surface area (Å²) in [7, 11) is 0. The molecule has 0 aromatic rings. The van der Waals surface area contributed by atoms with Crippen LogP contribution >= 0.6 is 0 Å². The number of carboxylic acid groups (broad SMARTS) is 3. The van der Waals surface area contributed by atoms with E-state index in [2.05, 4.69) is 0 Å². The van der Waals surface area contributed by atoms with Crippen molar-refractivity contribution in [3.8, 4) is 0 Å². The monoisotopic (exact) mass is 397 g/mol. The van der Waals surface area contributed by atoms with Crippen molar-refractivity contribution in [2.75, 3.05) is 19.8 Å². The number of ether oxygens (including phenoxy) is 3. The Bertz CT molecular complexity index is 349. The molecule has 3 saturated heterocycles. The maximum absolute atomic E-state index is 9.97. The van der Waals surface area contributed by atoms with Crippen LogP contribution in [0.25, 0.3) is 0 Å². The molecule has 0 amide bonds. The zero-order valence-electron chi connectivity index (χ0n) is 13.7. The van der Waals surface area contributed by atoms with Crippen molar-refractivity contribution < 1.29 is 61.3 Å². The summed E-state index contributed by atoms with van der Waals surface area (Å²) < 4.78 is 14.3. The van der Waals surface area contributed by atoms with Gasteiger partial charge in [-0.25, -0.2) is 0 Å². The van der Waals surface area contributed by atoms with Crippen molar-refractivity contribution in [2.24, 2.45) is 0 Å². The fourth-order valence-electron chi connectivity index (χ4n) is 2.29. The van der Waals surface area contributed by atoms with Gasteiger partial charge in [-0.05, 0) is 38.5 Å². The van der Waals surface area contributed by atoms with E-state index in [9.17, 15) is 29.7 Å².